The van der Waals surface area contributed by atoms with Crippen LogP contribution in [0, 0.1) is 0 Å². The summed E-state index contributed by atoms with van der Waals surface area (Å²) < 4.78 is 12.3. The Hall–Kier alpha value is -4.38. The van der Waals surface area contributed by atoms with E-state index >= 15 is 0 Å². The van der Waals surface area contributed by atoms with Gasteiger partial charge in [0, 0.05) is 11.1 Å². The van der Waals surface area contributed by atoms with Gasteiger partial charge in [0.25, 0.3) is 0 Å². The fourth-order valence-corrected chi connectivity index (χ4v) is 7.31. The molecule has 0 aliphatic heterocycles. The van der Waals surface area contributed by atoms with Crippen molar-refractivity contribution in [3.05, 3.63) is 143 Å². The lowest BCUT2D eigenvalue weighted by molar-refractivity contribution is 0.237. The summed E-state index contributed by atoms with van der Waals surface area (Å²) in [5.74, 6) is 1.26. The lowest BCUT2D eigenvalue weighted by Gasteiger charge is -2.36. The summed E-state index contributed by atoms with van der Waals surface area (Å²) in [6, 6.07) is 37.0. The third-order valence-electron chi connectivity index (χ3n) is 9.04. The highest BCUT2D eigenvalue weighted by atomic mass is 16.5. The highest BCUT2D eigenvalue weighted by molar-refractivity contribution is 5.86. The minimum atomic E-state index is -0.845. The van der Waals surface area contributed by atoms with E-state index in [-0.39, 0.29) is 13.2 Å². The van der Waals surface area contributed by atoms with Gasteiger partial charge < -0.3 is 19.7 Å². The third kappa shape index (κ3) is 2.98. The molecular formula is C36H30O4. The second-order valence-corrected chi connectivity index (χ2v) is 10.6. The van der Waals surface area contributed by atoms with Gasteiger partial charge in [0.05, 0.1) is 38.3 Å². The predicted octanol–water partition coefficient (Wildman–Crippen LogP) is 6.32. The number of ether oxygens (including phenoxy) is 2. The average Bonchev–Trinajstić information content (AvgIpc) is 3.49. The van der Waals surface area contributed by atoms with Crippen LogP contribution >= 0.6 is 0 Å². The Bertz CT molecular complexity index is 1550. The number of hydrogen-bond acceptors (Lipinski definition) is 4. The van der Waals surface area contributed by atoms with Gasteiger partial charge in [0.15, 0.2) is 0 Å². The van der Waals surface area contributed by atoms with Crippen LogP contribution in [0.25, 0.3) is 22.3 Å². The Morgan fingerprint density at radius 3 is 0.975 bits per heavy atom. The first-order chi connectivity index (χ1) is 19.6. The highest BCUT2D eigenvalue weighted by Gasteiger charge is 2.49. The van der Waals surface area contributed by atoms with Crippen LogP contribution in [0.5, 0.6) is 11.5 Å². The van der Waals surface area contributed by atoms with Gasteiger partial charge in [0.2, 0.25) is 0 Å². The number of rotatable bonds is 6. The summed E-state index contributed by atoms with van der Waals surface area (Å²) in [6.07, 6.45) is 0. The Kier molecular flexibility index (Phi) is 5.60. The molecule has 2 aliphatic carbocycles. The van der Waals surface area contributed by atoms with Crippen LogP contribution in [0.1, 0.15) is 33.4 Å². The van der Waals surface area contributed by atoms with Gasteiger partial charge >= 0.3 is 0 Å². The van der Waals surface area contributed by atoms with Gasteiger partial charge in [-0.05, 0) is 56.6 Å². The van der Waals surface area contributed by atoms with Crippen molar-refractivity contribution in [2.75, 3.05) is 27.4 Å². The fraction of sp³-hybridized carbons (Fsp3) is 0.167. The molecule has 198 valence electrons. The highest BCUT2D eigenvalue weighted by Crippen LogP contribution is 2.58. The van der Waals surface area contributed by atoms with E-state index in [4.69, 9.17) is 9.47 Å². The third-order valence-corrected chi connectivity index (χ3v) is 9.04. The molecule has 5 aromatic carbocycles. The van der Waals surface area contributed by atoms with Crippen LogP contribution < -0.4 is 9.47 Å². The fourth-order valence-electron chi connectivity index (χ4n) is 7.31. The summed E-state index contributed by atoms with van der Waals surface area (Å²) in [6.45, 7) is -0.284. The van der Waals surface area contributed by atoms with E-state index in [0.717, 1.165) is 55.6 Å². The molecule has 4 nitrogen and oxygen atoms in total. The number of hydrogen-bond donors (Lipinski definition) is 2. The maximum absolute atomic E-state index is 11.2. The molecule has 0 bridgehead atoms. The van der Waals surface area contributed by atoms with E-state index in [0.29, 0.717) is 11.5 Å². The van der Waals surface area contributed by atoms with Crippen molar-refractivity contribution in [3.63, 3.8) is 0 Å². The van der Waals surface area contributed by atoms with Crippen LogP contribution in [0.3, 0.4) is 0 Å². The van der Waals surface area contributed by atoms with Crippen molar-refractivity contribution in [3.8, 4) is 33.8 Å². The topological polar surface area (TPSA) is 58.9 Å². The summed E-state index contributed by atoms with van der Waals surface area (Å²) >= 11 is 0. The van der Waals surface area contributed by atoms with Gasteiger partial charge in [0.1, 0.15) is 11.5 Å². The molecule has 0 heterocycles. The summed E-state index contributed by atoms with van der Waals surface area (Å²) in [4.78, 5) is 0. The molecule has 0 atom stereocenters. The zero-order valence-electron chi connectivity index (χ0n) is 22.5. The smallest absolute Gasteiger partial charge is 0.123 e. The Morgan fingerprint density at radius 1 is 0.450 bits per heavy atom. The molecule has 40 heavy (non-hydrogen) atoms. The SMILES string of the molecule is COc1cc(C2(CO)c3ccccc3-c3ccccc32)c(OC)cc1C1(CO)c2ccccc2-c2ccccc21. The van der Waals surface area contributed by atoms with Crippen molar-refractivity contribution in [2.45, 2.75) is 10.8 Å². The quantitative estimate of drug-likeness (QED) is 0.272. The second kappa shape index (κ2) is 9.09. The van der Waals surface area contributed by atoms with Crippen molar-refractivity contribution in [1.29, 1.82) is 0 Å². The van der Waals surface area contributed by atoms with Gasteiger partial charge in [-0.15, -0.1) is 0 Å². The molecule has 5 aromatic rings. The Labute approximate surface area is 234 Å². The van der Waals surface area contributed by atoms with Crippen LogP contribution in [0.15, 0.2) is 109 Å². The number of fused-ring (bicyclic) bond motifs is 6. The molecule has 0 saturated heterocycles. The first kappa shape index (κ1) is 24.6. The summed E-state index contributed by atoms with van der Waals surface area (Å²) in [5.41, 5.74) is 8.47. The summed E-state index contributed by atoms with van der Waals surface area (Å²) in [7, 11) is 3.32. The molecule has 7 rings (SSSR count). The van der Waals surface area contributed by atoms with Crippen LogP contribution in [0.4, 0.5) is 0 Å². The molecule has 4 heteroatoms. The van der Waals surface area contributed by atoms with Gasteiger partial charge in [-0.2, -0.15) is 0 Å². The van der Waals surface area contributed by atoms with Crippen LogP contribution in [0.2, 0.25) is 0 Å². The maximum atomic E-state index is 11.2. The average molecular weight is 527 g/mol. The van der Waals surface area contributed by atoms with E-state index in [1.54, 1.807) is 14.2 Å². The minimum Gasteiger partial charge on any atom is -0.496 e. The minimum absolute atomic E-state index is 0.142. The van der Waals surface area contributed by atoms with E-state index in [1.807, 2.05) is 60.7 Å². The first-order valence-corrected chi connectivity index (χ1v) is 13.5. The van der Waals surface area contributed by atoms with E-state index in [1.165, 1.54) is 0 Å². The van der Waals surface area contributed by atoms with Crippen LogP contribution in [-0.2, 0) is 10.8 Å². The van der Waals surface area contributed by atoms with E-state index < -0.39 is 10.8 Å². The first-order valence-electron chi connectivity index (χ1n) is 13.5. The number of aliphatic hydroxyl groups is 2. The molecule has 0 saturated carbocycles. The molecule has 0 aromatic heterocycles. The van der Waals surface area contributed by atoms with Gasteiger partial charge in [-0.3, -0.25) is 0 Å². The summed E-state index contributed by atoms with van der Waals surface area (Å²) in [5, 5.41) is 22.5. The predicted molar refractivity (Wildman–Crippen MR) is 157 cm³/mol. The maximum Gasteiger partial charge on any atom is 0.123 e. The molecule has 0 unspecified atom stereocenters. The Morgan fingerprint density at radius 2 is 0.725 bits per heavy atom. The molecule has 2 N–H and O–H groups in total. The molecule has 0 spiro atoms. The number of methoxy groups -OCH3 is 2. The van der Waals surface area contributed by atoms with E-state index in [2.05, 4.69) is 48.5 Å². The Balaban J connectivity index is 1.55. The monoisotopic (exact) mass is 526 g/mol. The van der Waals surface area contributed by atoms with Gasteiger partial charge in [-0.25, -0.2) is 0 Å². The zero-order valence-corrected chi connectivity index (χ0v) is 22.5. The van der Waals surface area contributed by atoms with Crippen molar-refractivity contribution < 1.29 is 19.7 Å². The van der Waals surface area contributed by atoms with Gasteiger partial charge in [-0.1, -0.05) is 97.1 Å². The zero-order chi connectivity index (χ0) is 27.5. The lowest BCUT2D eigenvalue weighted by atomic mass is 9.69. The standard InChI is InChI=1S/C36H30O4/c1-39-33-19-32(36(22-38)29-17-9-5-13-25(29)26-14-6-10-18-30(26)36)34(40-2)20-31(33)35(21-37)27-15-7-3-11-23(27)24-12-4-8-16-28(24)35/h3-20,37-38H,21-22H2,1-2H3. The molecule has 2 aliphatic rings. The van der Waals surface area contributed by atoms with Crippen molar-refractivity contribution in [1.82, 2.24) is 0 Å². The molecular weight excluding hydrogens is 496 g/mol. The number of benzene rings is 5. The second-order valence-electron chi connectivity index (χ2n) is 10.6. The lowest BCUT2D eigenvalue weighted by Crippen LogP contribution is -2.34. The molecule has 0 fully saturated rings. The molecule has 0 radical (unpaired) electrons. The van der Waals surface area contributed by atoms with Crippen molar-refractivity contribution in [2.24, 2.45) is 0 Å². The van der Waals surface area contributed by atoms with Crippen LogP contribution in [-0.4, -0.2) is 37.6 Å². The van der Waals surface area contributed by atoms with Crippen molar-refractivity contribution >= 4 is 0 Å². The number of aliphatic hydroxyl groups excluding tert-OH is 2. The molecule has 0 amide bonds. The van der Waals surface area contributed by atoms with E-state index in [9.17, 15) is 10.2 Å². The largest absolute Gasteiger partial charge is 0.496 e. The normalized spacial score (nSPS) is 15.1.